The van der Waals surface area contributed by atoms with Crippen LogP contribution in [0.1, 0.15) is 9.67 Å². The summed E-state index contributed by atoms with van der Waals surface area (Å²) in [6.45, 7) is 0. The van der Waals surface area contributed by atoms with Crippen molar-refractivity contribution in [2.24, 2.45) is 0 Å². The van der Waals surface area contributed by atoms with Crippen molar-refractivity contribution in [2.75, 3.05) is 11.1 Å². The van der Waals surface area contributed by atoms with E-state index < -0.39 is 5.97 Å². The van der Waals surface area contributed by atoms with Gasteiger partial charge >= 0.3 is 5.97 Å². The Morgan fingerprint density at radius 1 is 1.29 bits per heavy atom. The van der Waals surface area contributed by atoms with E-state index in [4.69, 9.17) is 5.11 Å². The first-order chi connectivity index (χ1) is 10.1. The van der Waals surface area contributed by atoms with Crippen LogP contribution in [0.5, 0.6) is 0 Å². The minimum absolute atomic E-state index is 0.0796. The molecule has 3 heterocycles. The molecule has 0 saturated heterocycles. The molecule has 0 aliphatic rings. The maximum Gasteiger partial charge on any atom is 0.313 e. The number of hydrogen-bond acceptors (Lipinski definition) is 8. The van der Waals surface area contributed by atoms with E-state index in [1.807, 2.05) is 17.5 Å². The van der Waals surface area contributed by atoms with Gasteiger partial charge in [-0.25, -0.2) is 0 Å². The van der Waals surface area contributed by atoms with Gasteiger partial charge in [0, 0.05) is 9.40 Å². The molecule has 0 aliphatic carbocycles. The molecule has 0 spiro atoms. The number of carboxylic acid groups (broad SMARTS) is 1. The van der Waals surface area contributed by atoms with Gasteiger partial charge in [-0.05, 0) is 17.5 Å². The summed E-state index contributed by atoms with van der Waals surface area (Å²) >= 11 is 5.25. The number of nitrogens with zero attached hydrogens (tertiary/aromatic N) is 2. The molecule has 21 heavy (non-hydrogen) atoms. The molecular formula is C11H7N3O3S4. The van der Waals surface area contributed by atoms with Crippen molar-refractivity contribution in [3.05, 3.63) is 22.4 Å². The van der Waals surface area contributed by atoms with E-state index in [1.165, 1.54) is 11.3 Å². The number of thiophene rings is 2. The zero-order chi connectivity index (χ0) is 14.8. The van der Waals surface area contributed by atoms with Crippen molar-refractivity contribution in [1.82, 2.24) is 10.2 Å². The van der Waals surface area contributed by atoms with Crippen LogP contribution in [0.2, 0.25) is 0 Å². The van der Waals surface area contributed by atoms with Gasteiger partial charge in [-0.2, -0.15) is 0 Å². The van der Waals surface area contributed by atoms with Crippen molar-refractivity contribution in [2.45, 2.75) is 4.34 Å². The molecule has 108 valence electrons. The van der Waals surface area contributed by atoms with E-state index in [-0.39, 0.29) is 11.7 Å². The Hall–Kier alpha value is -1.49. The lowest BCUT2D eigenvalue weighted by Crippen LogP contribution is -2.09. The minimum atomic E-state index is -0.917. The van der Waals surface area contributed by atoms with Crippen LogP contribution in [0.25, 0.3) is 9.40 Å². The monoisotopic (exact) mass is 357 g/mol. The van der Waals surface area contributed by atoms with Crippen LogP contribution in [-0.4, -0.2) is 32.9 Å². The molecule has 0 aliphatic heterocycles. The standard InChI is InChI=1S/C11H7N3O3S4/c15-8(16)4-19-11-14-13-10(21-11)12-9(17)7-3-6-5(20-7)1-2-18-6/h1-3H,4H2,(H,15,16)(H,12,13,17). The second kappa shape index (κ2) is 6.10. The largest absolute Gasteiger partial charge is 0.481 e. The van der Waals surface area contributed by atoms with Gasteiger partial charge in [-0.15, -0.1) is 32.9 Å². The highest BCUT2D eigenvalue weighted by Gasteiger charge is 2.14. The second-order valence-electron chi connectivity index (χ2n) is 3.77. The molecule has 0 bridgehead atoms. The number of carbonyl (C=O) groups excluding carboxylic acids is 1. The summed E-state index contributed by atoms with van der Waals surface area (Å²) in [6, 6.07) is 3.83. The van der Waals surface area contributed by atoms with E-state index in [1.54, 1.807) is 11.3 Å². The predicted molar refractivity (Wildman–Crippen MR) is 85.9 cm³/mol. The molecule has 0 fully saturated rings. The molecule has 0 aromatic carbocycles. The first-order valence-electron chi connectivity index (χ1n) is 5.58. The maximum absolute atomic E-state index is 12.1. The molecule has 0 radical (unpaired) electrons. The maximum atomic E-state index is 12.1. The zero-order valence-corrected chi connectivity index (χ0v) is 13.5. The lowest BCUT2D eigenvalue weighted by atomic mass is 10.4. The minimum Gasteiger partial charge on any atom is -0.481 e. The van der Waals surface area contributed by atoms with Crippen molar-refractivity contribution in [1.29, 1.82) is 0 Å². The average Bonchev–Trinajstić information content (AvgIpc) is 3.10. The van der Waals surface area contributed by atoms with Gasteiger partial charge in [-0.1, -0.05) is 23.1 Å². The van der Waals surface area contributed by atoms with E-state index in [2.05, 4.69) is 15.5 Å². The summed E-state index contributed by atoms with van der Waals surface area (Å²) in [6.07, 6.45) is 0. The van der Waals surface area contributed by atoms with Crippen molar-refractivity contribution in [3.63, 3.8) is 0 Å². The van der Waals surface area contributed by atoms with Gasteiger partial charge in [-0.3, -0.25) is 14.9 Å². The number of fused-ring (bicyclic) bond motifs is 1. The molecule has 10 heteroatoms. The summed E-state index contributed by atoms with van der Waals surface area (Å²) in [5.74, 6) is -1.22. The third-order valence-electron chi connectivity index (χ3n) is 2.31. The number of hydrogen-bond donors (Lipinski definition) is 2. The topological polar surface area (TPSA) is 92.2 Å². The number of thioether (sulfide) groups is 1. The van der Waals surface area contributed by atoms with Crippen LogP contribution in [0.3, 0.4) is 0 Å². The van der Waals surface area contributed by atoms with Gasteiger partial charge in [0.2, 0.25) is 5.13 Å². The summed E-state index contributed by atoms with van der Waals surface area (Å²) < 4.78 is 2.68. The third-order valence-corrected chi connectivity index (χ3v) is 6.36. The Kier molecular flexibility index (Phi) is 4.19. The van der Waals surface area contributed by atoms with Crippen LogP contribution in [-0.2, 0) is 4.79 Å². The van der Waals surface area contributed by atoms with E-state index >= 15 is 0 Å². The zero-order valence-electron chi connectivity index (χ0n) is 10.2. The quantitative estimate of drug-likeness (QED) is 0.538. The molecule has 1 amide bonds. The molecule has 2 N–H and O–H groups in total. The Bertz CT molecular complexity index is 778. The molecule has 6 nitrogen and oxygen atoms in total. The summed E-state index contributed by atoms with van der Waals surface area (Å²) in [4.78, 5) is 23.2. The summed E-state index contributed by atoms with van der Waals surface area (Å²) in [5, 5.41) is 21.3. The smallest absolute Gasteiger partial charge is 0.313 e. The van der Waals surface area contributed by atoms with Crippen LogP contribution in [0.15, 0.2) is 21.9 Å². The van der Waals surface area contributed by atoms with Crippen LogP contribution in [0.4, 0.5) is 5.13 Å². The molecule has 0 saturated carbocycles. The van der Waals surface area contributed by atoms with Crippen molar-refractivity contribution in [3.8, 4) is 0 Å². The molecule has 0 unspecified atom stereocenters. The van der Waals surface area contributed by atoms with Crippen LogP contribution in [0, 0.1) is 0 Å². The molecule has 0 atom stereocenters. The van der Waals surface area contributed by atoms with Crippen LogP contribution < -0.4 is 5.32 Å². The molecular weight excluding hydrogens is 350 g/mol. The Morgan fingerprint density at radius 3 is 2.90 bits per heavy atom. The van der Waals surface area contributed by atoms with E-state index in [9.17, 15) is 9.59 Å². The van der Waals surface area contributed by atoms with Crippen molar-refractivity contribution >= 4 is 72.2 Å². The van der Waals surface area contributed by atoms with Gasteiger partial charge in [0.15, 0.2) is 4.34 Å². The highest BCUT2D eigenvalue weighted by molar-refractivity contribution is 8.01. The van der Waals surface area contributed by atoms with Gasteiger partial charge in [0.05, 0.1) is 10.6 Å². The second-order valence-corrected chi connectivity index (χ2v) is 8.00. The average molecular weight is 357 g/mol. The predicted octanol–water partition coefficient (Wildman–Crippen LogP) is 3.24. The fourth-order valence-electron chi connectivity index (χ4n) is 1.48. The normalized spacial score (nSPS) is 10.9. The third kappa shape index (κ3) is 3.40. The number of carbonyl (C=O) groups is 2. The van der Waals surface area contributed by atoms with Gasteiger partial charge in [0.1, 0.15) is 0 Å². The SMILES string of the molecule is O=C(O)CSc1nnc(NC(=O)c2cc3sccc3s2)s1. The van der Waals surface area contributed by atoms with E-state index in [0.29, 0.717) is 14.3 Å². The fraction of sp³-hybridized carbons (Fsp3) is 0.0909. The number of rotatable bonds is 5. The molecule has 3 rings (SSSR count). The highest BCUT2D eigenvalue weighted by atomic mass is 32.2. The Labute approximate surface area is 134 Å². The summed E-state index contributed by atoms with van der Waals surface area (Å²) in [7, 11) is 0. The van der Waals surface area contributed by atoms with E-state index in [0.717, 1.165) is 32.5 Å². The Morgan fingerprint density at radius 2 is 2.14 bits per heavy atom. The highest BCUT2D eigenvalue weighted by Crippen LogP contribution is 2.31. The number of nitrogens with one attached hydrogen (secondary N) is 1. The lowest BCUT2D eigenvalue weighted by molar-refractivity contribution is -0.133. The van der Waals surface area contributed by atoms with Gasteiger partial charge < -0.3 is 5.11 Å². The fourth-order valence-corrected chi connectivity index (χ4v) is 4.95. The number of aromatic nitrogens is 2. The van der Waals surface area contributed by atoms with Crippen LogP contribution >= 0.6 is 45.8 Å². The summed E-state index contributed by atoms with van der Waals surface area (Å²) in [5.41, 5.74) is 0. The molecule has 3 aromatic rings. The lowest BCUT2D eigenvalue weighted by Gasteiger charge is -1.96. The van der Waals surface area contributed by atoms with Crippen molar-refractivity contribution < 1.29 is 14.7 Å². The number of amides is 1. The number of aliphatic carboxylic acids is 1. The number of anilines is 1. The first-order valence-corrected chi connectivity index (χ1v) is 9.08. The Balaban J connectivity index is 1.67. The number of carboxylic acids is 1. The first kappa shape index (κ1) is 14.4. The van der Waals surface area contributed by atoms with Gasteiger partial charge in [0.25, 0.3) is 5.91 Å². The molecule has 3 aromatic heterocycles.